The van der Waals surface area contributed by atoms with Crippen molar-refractivity contribution in [2.45, 2.75) is 50.2 Å². The van der Waals surface area contributed by atoms with Crippen molar-refractivity contribution >= 4 is 0 Å². The summed E-state index contributed by atoms with van der Waals surface area (Å²) in [6.07, 6.45) is 3.38. The van der Waals surface area contributed by atoms with Crippen LogP contribution in [0.25, 0.3) is 0 Å². The highest BCUT2D eigenvalue weighted by Crippen LogP contribution is 2.44. The van der Waals surface area contributed by atoms with Crippen molar-refractivity contribution in [1.82, 2.24) is 5.32 Å². The molecular formula is C21H27NO. The molecule has 2 N–H and O–H groups in total. The van der Waals surface area contributed by atoms with Gasteiger partial charge in [-0.3, -0.25) is 0 Å². The number of aliphatic hydroxyl groups is 1. The Morgan fingerprint density at radius 2 is 1.39 bits per heavy atom. The molecule has 1 saturated heterocycles. The smallest absolute Gasteiger partial charge is 0.0905 e. The van der Waals surface area contributed by atoms with Crippen LogP contribution in [0.4, 0.5) is 0 Å². The highest BCUT2D eigenvalue weighted by Gasteiger charge is 2.50. The van der Waals surface area contributed by atoms with Crippen molar-refractivity contribution in [3.8, 4) is 0 Å². The van der Waals surface area contributed by atoms with Crippen LogP contribution in [0.2, 0.25) is 0 Å². The van der Waals surface area contributed by atoms with Crippen LogP contribution in [0.1, 0.15) is 44.2 Å². The lowest BCUT2D eigenvalue weighted by molar-refractivity contribution is -0.0405. The van der Waals surface area contributed by atoms with Gasteiger partial charge in [0, 0.05) is 11.5 Å². The molecule has 2 atom stereocenters. The van der Waals surface area contributed by atoms with Gasteiger partial charge < -0.3 is 10.4 Å². The minimum absolute atomic E-state index is 0.0988. The third-order valence-electron chi connectivity index (χ3n) is 5.70. The van der Waals surface area contributed by atoms with E-state index in [1.807, 2.05) is 19.1 Å². The number of piperidine rings is 1. The van der Waals surface area contributed by atoms with E-state index in [0.29, 0.717) is 0 Å². The zero-order valence-corrected chi connectivity index (χ0v) is 14.1. The Kier molecular flexibility index (Phi) is 4.56. The van der Waals surface area contributed by atoms with Gasteiger partial charge in [0.15, 0.2) is 0 Å². The van der Waals surface area contributed by atoms with E-state index < -0.39 is 11.0 Å². The fourth-order valence-electron chi connectivity index (χ4n) is 3.97. The Morgan fingerprint density at radius 1 is 0.870 bits per heavy atom. The van der Waals surface area contributed by atoms with E-state index in [9.17, 15) is 5.11 Å². The van der Waals surface area contributed by atoms with Crippen molar-refractivity contribution in [2.24, 2.45) is 0 Å². The monoisotopic (exact) mass is 309 g/mol. The maximum absolute atomic E-state index is 11.7. The second-order valence-electron chi connectivity index (χ2n) is 7.01. The first-order chi connectivity index (χ1) is 11.1. The quantitative estimate of drug-likeness (QED) is 0.898. The molecule has 1 aliphatic rings. The number of hydrogen-bond acceptors (Lipinski definition) is 2. The predicted molar refractivity (Wildman–Crippen MR) is 95.6 cm³/mol. The van der Waals surface area contributed by atoms with E-state index in [-0.39, 0.29) is 6.04 Å². The van der Waals surface area contributed by atoms with Crippen LogP contribution in [-0.2, 0) is 5.41 Å². The summed E-state index contributed by atoms with van der Waals surface area (Å²) in [6, 6.07) is 20.9. The van der Waals surface area contributed by atoms with Gasteiger partial charge in [-0.2, -0.15) is 0 Å². The summed E-state index contributed by atoms with van der Waals surface area (Å²) in [5.41, 5.74) is 0.966. The SMILES string of the molecule is CC(c1ccccc1)(c1ccccc1)C(C)(O)C1CCCCN1. The summed E-state index contributed by atoms with van der Waals surface area (Å²) in [5, 5.41) is 15.3. The lowest BCUT2D eigenvalue weighted by Gasteiger charge is -2.49. The van der Waals surface area contributed by atoms with Gasteiger partial charge in [-0.25, -0.2) is 0 Å². The molecular weight excluding hydrogens is 282 g/mol. The molecule has 0 saturated carbocycles. The number of rotatable bonds is 4. The minimum atomic E-state index is -0.879. The first kappa shape index (κ1) is 16.2. The standard InChI is InChI=1S/C21H27NO/c1-20(17-11-5-3-6-12-17,18-13-7-4-8-14-18)21(2,23)19-15-9-10-16-22-19/h3-8,11-14,19,22-23H,9-10,15-16H2,1-2H3. The highest BCUT2D eigenvalue weighted by atomic mass is 16.3. The van der Waals surface area contributed by atoms with E-state index in [2.05, 4.69) is 60.8 Å². The Bertz CT molecular complexity index is 575. The summed E-state index contributed by atoms with van der Waals surface area (Å²) in [5.74, 6) is 0. The molecule has 0 radical (unpaired) electrons. The van der Waals surface area contributed by atoms with E-state index in [1.54, 1.807) is 0 Å². The van der Waals surface area contributed by atoms with Gasteiger partial charge in [0.05, 0.1) is 5.60 Å². The number of benzene rings is 2. The summed E-state index contributed by atoms with van der Waals surface area (Å²) >= 11 is 0. The molecule has 0 bridgehead atoms. The molecule has 1 aliphatic heterocycles. The van der Waals surface area contributed by atoms with Crippen molar-refractivity contribution in [2.75, 3.05) is 6.54 Å². The minimum Gasteiger partial charge on any atom is -0.387 e. The molecule has 1 fully saturated rings. The first-order valence-electron chi connectivity index (χ1n) is 8.63. The van der Waals surface area contributed by atoms with Crippen LogP contribution in [0.5, 0.6) is 0 Å². The van der Waals surface area contributed by atoms with Gasteiger partial charge in [-0.05, 0) is 44.4 Å². The average Bonchev–Trinajstić information content (AvgIpc) is 2.63. The Hall–Kier alpha value is -1.64. The second kappa shape index (κ2) is 6.46. The van der Waals surface area contributed by atoms with E-state index >= 15 is 0 Å². The van der Waals surface area contributed by atoms with Crippen LogP contribution < -0.4 is 5.32 Å². The lowest BCUT2D eigenvalue weighted by atomic mass is 9.61. The molecule has 2 nitrogen and oxygen atoms in total. The van der Waals surface area contributed by atoms with E-state index in [4.69, 9.17) is 0 Å². The van der Waals surface area contributed by atoms with Gasteiger partial charge in [0.1, 0.15) is 0 Å². The molecule has 2 aromatic rings. The normalized spacial score (nSPS) is 21.6. The number of hydrogen-bond donors (Lipinski definition) is 2. The van der Waals surface area contributed by atoms with E-state index in [1.165, 1.54) is 12.8 Å². The molecule has 2 heteroatoms. The molecule has 2 unspecified atom stereocenters. The fraction of sp³-hybridized carbons (Fsp3) is 0.429. The summed E-state index contributed by atoms with van der Waals surface area (Å²) in [6.45, 7) is 5.16. The maximum Gasteiger partial charge on any atom is 0.0905 e. The van der Waals surface area contributed by atoms with Gasteiger partial charge >= 0.3 is 0 Å². The molecule has 0 amide bonds. The molecule has 23 heavy (non-hydrogen) atoms. The fourth-order valence-corrected chi connectivity index (χ4v) is 3.97. The van der Waals surface area contributed by atoms with Crippen molar-refractivity contribution < 1.29 is 5.11 Å². The Morgan fingerprint density at radius 3 is 1.83 bits per heavy atom. The van der Waals surface area contributed by atoms with Gasteiger partial charge in [0.25, 0.3) is 0 Å². The zero-order chi connectivity index (χ0) is 16.3. The Labute approximate surface area is 139 Å². The zero-order valence-electron chi connectivity index (χ0n) is 14.1. The topological polar surface area (TPSA) is 32.3 Å². The third kappa shape index (κ3) is 2.82. The molecule has 122 valence electrons. The predicted octanol–water partition coefficient (Wildman–Crippen LogP) is 3.89. The van der Waals surface area contributed by atoms with Gasteiger partial charge in [-0.1, -0.05) is 67.1 Å². The van der Waals surface area contributed by atoms with Crippen LogP contribution in [0.3, 0.4) is 0 Å². The molecule has 2 aromatic carbocycles. The third-order valence-corrected chi connectivity index (χ3v) is 5.70. The molecule has 3 rings (SSSR count). The summed E-state index contributed by atoms with van der Waals surface area (Å²) in [7, 11) is 0. The first-order valence-corrected chi connectivity index (χ1v) is 8.63. The molecule has 0 aromatic heterocycles. The molecule has 0 spiro atoms. The Balaban J connectivity index is 2.12. The van der Waals surface area contributed by atoms with Crippen molar-refractivity contribution in [3.63, 3.8) is 0 Å². The van der Waals surface area contributed by atoms with Crippen LogP contribution >= 0.6 is 0 Å². The average molecular weight is 309 g/mol. The van der Waals surface area contributed by atoms with Gasteiger partial charge in [0.2, 0.25) is 0 Å². The molecule has 1 heterocycles. The highest BCUT2D eigenvalue weighted by molar-refractivity contribution is 5.43. The summed E-state index contributed by atoms with van der Waals surface area (Å²) < 4.78 is 0. The number of nitrogens with one attached hydrogen (secondary N) is 1. The largest absolute Gasteiger partial charge is 0.387 e. The molecule has 0 aliphatic carbocycles. The van der Waals surface area contributed by atoms with Crippen LogP contribution in [0.15, 0.2) is 60.7 Å². The maximum atomic E-state index is 11.7. The second-order valence-corrected chi connectivity index (χ2v) is 7.01. The van der Waals surface area contributed by atoms with Gasteiger partial charge in [-0.15, -0.1) is 0 Å². The van der Waals surface area contributed by atoms with Crippen molar-refractivity contribution in [3.05, 3.63) is 71.8 Å². The van der Waals surface area contributed by atoms with Crippen LogP contribution in [-0.4, -0.2) is 23.3 Å². The van der Waals surface area contributed by atoms with Crippen molar-refractivity contribution in [1.29, 1.82) is 0 Å². The van der Waals surface area contributed by atoms with E-state index in [0.717, 1.165) is 24.1 Å². The lowest BCUT2D eigenvalue weighted by Crippen LogP contribution is -2.61. The van der Waals surface area contributed by atoms with Crippen LogP contribution in [0, 0.1) is 0 Å². The summed E-state index contributed by atoms with van der Waals surface area (Å²) in [4.78, 5) is 0.